The molecule has 0 spiro atoms. The molecule has 1 atom stereocenters. The van der Waals surface area contributed by atoms with Gasteiger partial charge in [-0.05, 0) is 19.8 Å². The number of isocyanates is 1. The van der Waals surface area contributed by atoms with Crippen molar-refractivity contribution < 1.29 is 9.90 Å². The van der Waals surface area contributed by atoms with Crippen molar-refractivity contribution in [3.63, 3.8) is 0 Å². The molecule has 0 heterocycles. The van der Waals surface area contributed by atoms with Gasteiger partial charge in [-0.2, -0.15) is 0 Å². The third kappa shape index (κ3) is 33.0. The Morgan fingerprint density at radius 2 is 1.00 bits per heavy atom. The van der Waals surface area contributed by atoms with E-state index in [-0.39, 0.29) is 6.10 Å². The summed E-state index contributed by atoms with van der Waals surface area (Å²) in [5, 5.41) is 8.68. The van der Waals surface area contributed by atoms with Gasteiger partial charge in [0.05, 0.1) is 12.6 Å². The van der Waals surface area contributed by atoms with Crippen molar-refractivity contribution in [3.8, 4) is 0 Å². The van der Waals surface area contributed by atoms with Crippen molar-refractivity contribution in [2.24, 2.45) is 4.99 Å². The van der Waals surface area contributed by atoms with Gasteiger partial charge in [-0.25, -0.2) is 9.79 Å². The molecule has 0 aromatic heterocycles. The van der Waals surface area contributed by atoms with Crippen LogP contribution in [0.15, 0.2) is 4.99 Å². The van der Waals surface area contributed by atoms with Gasteiger partial charge in [0, 0.05) is 0 Å². The lowest BCUT2D eigenvalue weighted by atomic mass is 10.0. The number of rotatable bonds is 20. The van der Waals surface area contributed by atoms with E-state index in [1.54, 1.807) is 6.08 Å². The Hall–Kier alpha value is -0.660. The molecule has 168 valence electrons. The zero-order chi connectivity index (χ0) is 21.1. The summed E-state index contributed by atoms with van der Waals surface area (Å²) in [4.78, 5) is 13.4. The van der Waals surface area contributed by atoms with Gasteiger partial charge in [-0.1, -0.05) is 123 Å². The summed E-state index contributed by atoms with van der Waals surface area (Å²) < 4.78 is 0. The maximum Gasteiger partial charge on any atom is 0.234 e. The molecular weight excluding hydrogens is 346 g/mol. The standard InChI is InChI=1S/C19H37NO.C6H14O/c1-2-3-4-5-6-7-8-9-10-11-12-13-14-15-16-17-18-20-19-21;1-3-4-5-6(2)7/h2-18H2,1H3;6-7H,3-5H2,1-2H3. The summed E-state index contributed by atoms with van der Waals surface area (Å²) in [6, 6.07) is 0. The van der Waals surface area contributed by atoms with Crippen LogP contribution in [0.2, 0.25) is 0 Å². The monoisotopic (exact) mass is 397 g/mol. The van der Waals surface area contributed by atoms with Crippen molar-refractivity contribution in [3.05, 3.63) is 0 Å². The van der Waals surface area contributed by atoms with Crippen molar-refractivity contribution in [2.45, 2.75) is 149 Å². The van der Waals surface area contributed by atoms with E-state index >= 15 is 0 Å². The fourth-order valence-electron chi connectivity index (χ4n) is 3.28. The Kier molecular flexibility index (Phi) is 30.1. The second-order valence-electron chi connectivity index (χ2n) is 8.27. The Morgan fingerprint density at radius 3 is 1.29 bits per heavy atom. The number of unbranched alkanes of at least 4 members (excludes halogenated alkanes) is 16. The van der Waals surface area contributed by atoms with Crippen LogP contribution in [0.25, 0.3) is 0 Å². The summed E-state index contributed by atoms with van der Waals surface area (Å²) in [5.41, 5.74) is 0. The predicted molar refractivity (Wildman–Crippen MR) is 124 cm³/mol. The molecule has 0 aromatic carbocycles. The molecule has 28 heavy (non-hydrogen) atoms. The van der Waals surface area contributed by atoms with Gasteiger partial charge in [0.25, 0.3) is 0 Å². The molecule has 0 bridgehead atoms. The first-order chi connectivity index (χ1) is 13.7. The van der Waals surface area contributed by atoms with Crippen LogP contribution < -0.4 is 0 Å². The summed E-state index contributed by atoms with van der Waals surface area (Å²) in [6.45, 7) is 6.91. The van der Waals surface area contributed by atoms with E-state index in [0.717, 1.165) is 19.3 Å². The van der Waals surface area contributed by atoms with Gasteiger partial charge in [0.1, 0.15) is 0 Å². The van der Waals surface area contributed by atoms with Crippen LogP contribution in [0.3, 0.4) is 0 Å². The normalized spacial score (nSPS) is 11.4. The fraction of sp³-hybridized carbons (Fsp3) is 0.960. The number of aliphatic hydroxyl groups is 1. The fourth-order valence-corrected chi connectivity index (χ4v) is 3.28. The molecule has 0 aliphatic heterocycles. The average molecular weight is 398 g/mol. The second-order valence-corrected chi connectivity index (χ2v) is 8.27. The highest BCUT2D eigenvalue weighted by Gasteiger charge is 1.94. The minimum Gasteiger partial charge on any atom is -0.393 e. The van der Waals surface area contributed by atoms with Gasteiger partial charge in [-0.3, -0.25) is 0 Å². The molecule has 1 unspecified atom stereocenters. The van der Waals surface area contributed by atoms with E-state index in [9.17, 15) is 4.79 Å². The first kappa shape index (κ1) is 29.5. The van der Waals surface area contributed by atoms with Gasteiger partial charge < -0.3 is 5.11 Å². The lowest BCUT2D eigenvalue weighted by Crippen LogP contribution is -1.97. The second kappa shape index (κ2) is 28.5. The summed E-state index contributed by atoms with van der Waals surface area (Å²) in [5.74, 6) is 0. The van der Waals surface area contributed by atoms with Crippen molar-refractivity contribution in [2.75, 3.05) is 6.54 Å². The molecule has 3 heteroatoms. The molecule has 0 amide bonds. The van der Waals surface area contributed by atoms with E-state index in [1.807, 2.05) is 6.92 Å². The topological polar surface area (TPSA) is 49.7 Å². The predicted octanol–water partition coefficient (Wildman–Crippen LogP) is 8.14. The molecule has 0 rings (SSSR count). The van der Waals surface area contributed by atoms with E-state index in [4.69, 9.17) is 5.11 Å². The molecule has 1 N–H and O–H groups in total. The maximum atomic E-state index is 9.87. The molecule has 0 aromatic rings. The number of hydrogen-bond donors (Lipinski definition) is 1. The van der Waals surface area contributed by atoms with Crippen LogP contribution in [-0.4, -0.2) is 23.8 Å². The zero-order valence-electron chi connectivity index (χ0n) is 19.5. The van der Waals surface area contributed by atoms with Crippen LogP contribution in [-0.2, 0) is 4.79 Å². The Balaban J connectivity index is 0. The van der Waals surface area contributed by atoms with Crippen LogP contribution in [0, 0.1) is 0 Å². The lowest BCUT2D eigenvalue weighted by Gasteiger charge is -2.03. The summed E-state index contributed by atoms with van der Waals surface area (Å²) >= 11 is 0. The lowest BCUT2D eigenvalue weighted by molar-refractivity contribution is 0.181. The molecule has 3 nitrogen and oxygen atoms in total. The highest BCUT2D eigenvalue weighted by Crippen LogP contribution is 2.13. The van der Waals surface area contributed by atoms with Gasteiger partial charge in [-0.15, -0.1) is 0 Å². The van der Waals surface area contributed by atoms with Crippen molar-refractivity contribution in [1.82, 2.24) is 0 Å². The molecular formula is C25H51NO2. The average Bonchev–Trinajstić information content (AvgIpc) is 2.69. The SMILES string of the molecule is CCCCC(C)O.CCCCCCCCCCCCCCCCCCN=C=O. The van der Waals surface area contributed by atoms with Crippen LogP contribution in [0.5, 0.6) is 0 Å². The van der Waals surface area contributed by atoms with Crippen LogP contribution >= 0.6 is 0 Å². The Morgan fingerprint density at radius 1 is 0.643 bits per heavy atom. The number of hydrogen-bond acceptors (Lipinski definition) is 3. The first-order valence-electron chi connectivity index (χ1n) is 12.4. The summed E-state index contributed by atoms with van der Waals surface area (Å²) in [7, 11) is 0. The number of aliphatic hydroxyl groups excluding tert-OH is 1. The smallest absolute Gasteiger partial charge is 0.234 e. The van der Waals surface area contributed by atoms with Crippen LogP contribution in [0.4, 0.5) is 0 Å². The Bertz CT molecular complexity index is 312. The molecule has 0 radical (unpaired) electrons. The quantitative estimate of drug-likeness (QED) is 0.128. The number of carbonyl (C=O) groups excluding carboxylic acids is 1. The number of nitrogens with zero attached hydrogens (tertiary/aromatic N) is 1. The van der Waals surface area contributed by atoms with E-state index in [1.165, 1.54) is 103 Å². The van der Waals surface area contributed by atoms with Gasteiger partial charge >= 0.3 is 0 Å². The van der Waals surface area contributed by atoms with Gasteiger partial charge in [0.2, 0.25) is 6.08 Å². The highest BCUT2D eigenvalue weighted by molar-refractivity contribution is 5.32. The first-order valence-corrected chi connectivity index (χ1v) is 12.4. The maximum absolute atomic E-state index is 9.87. The molecule has 0 aliphatic rings. The Labute approximate surface area is 176 Å². The molecule has 0 saturated heterocycles. The molecule has 0 saturated carbocycles. The van der Waals surface area contributed by atoms with Crippen LogP contribution in [0.1, 0.15) is 143 Å². The van der Waals surface area contributed by atoms with Crippen molar-refractivity contribution >= 4 is 6.08 Å². The number of aliphatic imine (C=N–C) groups is 1. The minimum atomic E-state index is -0.0973. The third-order valence-electron chi connectivity index (χ3n) is 5.16. The zero-order valence-corrected chi connectivity index (χ0v) is 19.5. The highest BCUT2D eigenvalue weighted by atomic mass is 16.3. The van der Waals surface area contributed by atoms with E-state index in [0.29, 0.717) is 6.54 Å². The summed E-state index contributed by atoms with van der Waals surface area (Å²) in [6.07, 6.45) is 26.8. The molecule has 0 aliphatic carbocycles. The third-order valence-corrected chi connectivity index (χ3v) is 5.16. The van der Waals surface area contributed by atoms with E-state index < -0.39 is 0 Å². The van der Waals surface area contributed by atoms with Crippen molar-refractivity contribution in [1.29, 1.82) is 0 Å². The van der Waals surface area contributed by atoms with Gasteiger partial charge in [0.15, 0.2) is 0 Å². The largest absolute Gasteiger partial charge is 0.393 e. The van der Waals surface area contributed by atoms with E-state index in [2.05, 4.69) is 18.8 Å². The molecule has 0 fully saturated rings. The minimum absolute atomic E-state index is 0.0973.